The summed E-state index contributed by atoms with van der Waals surface area (Å²) in [5, 5.41) is 2.06. The molecule has 0 bridgehead atoms. The molecule has 0 aliphatic heterocycles. The summed E-state index contributed by atoms with van der Waals surface area (Å²) < 4.78 is 0. The van der Waals surface area contributed by atoms with E-state index < -0.39 is 0 Å². The Bertz CT molecular complexity index is 641. The lowest BCUT2D eigenvalue weighted by molar-refractivity contribution is -0.127. The van der Waals surface area contributed by atoms with E-state index >= 15 is 0 Å². The number of hydrogen-bond acceptors (Lipinski definition) is 2. The van der Waals surface area contributed by atoms with Crippen molar-refractivity contribution in [2.24, 2.45) is 0 Å². The van der Waals surface area contributed by atoms with Gasteiger partial charge in [0, 0.05) is 17.0 Å². The summed E-state index contributed by atoms with van der Waals surface area (Å²) in [4.78, 5) is 15.7. The van der Waals surface area contributed by atoms with E-state index in [1.54, 1.807) is 17.4 Å². The zero-order valence-corrected chi connectivity index (χ0v) is 13.0. The van der Waals surface area contributed by atoms with Gasteiger partial charge in [-0.1, -0.05) is 35.9 Å². The molecule has 0 N–H and O–H groups in total. The van der Waals surface area contributed by atoms with E-state index in [-0.39, 0.29) is 5.91 Å². The molecule has 1 amide bonds. The van der Waals surface area contributed by atoms with Gasteiger partial charge in [0.25, 0.3) is 0 Å². The van der Waals surface area contributed by atoms with Crippen LogP contribution in [0.15, 0.2) is 47.9 Å². The van der Waals surface area contributed by atoms with E-state index in [0.717, 1.165) is 24.9 Å². The summed E-state index contributed by atoms with van der Waals surface area (Å²) in [6.07, 6.45) is 5.89. The number of hydrogen-bond donors (Lipinski definition) is 0. The van der Waals surface area contributed by atoms with Crippen LogP contribution in [0.5, 0.6) is 0 Å². The quantitative estimate of drug-likeness (QED) is 0.755. The molecule has 108 valence electrons. The number of carbonyl (C=O) groups excluding carboxylic acids is 1. The molecule has 0 atom stereocenters. The maximum Gasteiger partial charge on any atom is 0.247 e. The third-order valence-corrected chi connectivity index (χ3v) is 4.50. The summed E-state index contributed by atoms with van der Waals surface area (Å²) in [7, 11) is 0. The minimum atomic E-state index is 0.118. The highest BCUT2D eigenvalue weighted by Crippen LogP contribution is 2.29. The zero-order chi connectivity index (χ0) is 14.7. The Morgan fingerprint density at radius 2 is 2.19 bits per heavy atom. The molecule has 1 aliphatic carbocycles. The first-order chi connectivity index (χ1) is 10.2. The topological polar surface area (TPSA) is 20.3 Å². The SMILES string of the molecule is Cc1cccc(/C=C/C(=O)N(Cc2cccs2)C2CC2)c1. The summed E-state index contributed by atoms with van der Waals surface area (Å²) in [5.41, 5.74) is 2.29. The lowest BCUT2D eigenvalue weighted by atomic mass is 10.1. The van der Waals surface area contributed by atoms with Gasteiger partial charge in [-0.15, -0.1) is 11.3 Å². The molecule has 2 nitrogen and oxygen atoms in total. The molecule has 1 fully saturated rings. The fourth-order valence-electron chi connectivity index (χ4n) is 2.38. The number of rotatable bonds is 5. The van der Waals surface area contributed by atoms with Gasteiger partial charge in [0.05, 0.1) is 6.54 Å². The van der Waals surface area contributed by atoms with Gasteiger partial charge >= 0.3 is 0 Å². The Labute approximate surface area is 129 Å². The summed E-state index contributed by atoms with van der Waals surface area (Å²) >= 11 is 1.71. The van der Waals surface area contributed by atoms with Crippen LogP contribution in [-0.2, 0) is 11.3 Å². The van der Waals surface area contributed by atoms with E-state index in [1.165, 1.54) is 10.4 Å². The maximum atomic E-state index is 12.5. The molecule has 1 saturated carbocycles. The van der Waals surface area contributed by atoms with Crippen LogP contribution in [0.25, 0.3) is 6.08 Å². The predicted molar refractivity (Wildman–Crippen MR) is 88.1 cm³/mol. The minimum Gasteiger partial charge on any atom is -0.331 e. The van der Waals surface area contributed by atoms with E-state index in [2.05, 4.69) is 30.5 Å². The molecule has 1 aromatic carbocycles. The van der Waals surface area contributed by atoms with Crippen molar-refractivity contribution in [3.05, 3.63) is 63.9 Å². The molecule has 3 rings (SSSR count). The van der Waals surface area contributed by atoms with Gasteiger partial charge < -0.3 is 4.90 Å². The van der Waals surface area contributed by atoms with Crippen LogP contribution in [0.1, 0.15) is 28.8 Å². The van der Waals surface area contributed by atoms with Gasteiger partial charge in [0.15, 0.2) is 0 Å². The molecule has 0 saturated heterocycles. The van der Waals surface area contributed by atoms with Crippen LogP contribution < -0.4 is 0 Å². The lowest BCUT2D eigenvalue weighted by Gasteiger charge is -2.19. The van der Waals surface area contributed by atoms with Crippen molar-refractivity contribution >= 4 is 23.3 Å². The molecule has 1 heterocycles. The fraction of sp³-hybridized carbons (Fsp3) is 0.278. The van der Waals surface area contributed by atoms with Crippen molar-refractivity contribution in [2.45, 2.75) is 32.4 Å². The number of carbonyl (C=O) groups is 1. The van der Waals surface area contributed by atoms with Crippen LogP contribution in [-0.4, -0.2) is 16.8 Å². The molecule has 1 aliphatic rings. The third kappa shape index (κ3) is 3.82. The monoisotopic (exact) mass is 297 g/mol. The van der Waals surface area contributed by atoms with Gasteiger partial charge in [-0.2, -0.15) is 0 Å². The first-order valence-electron chi connectivity index (χ1n) is 7.30. The molecule has 21 heavy (non-hydrogen) atoms. The van der Waals surface area contributed by atoms with Gasteiger partial charge in [-0.25, -0.2) is 0 Å². The Kier molecular flexibility index (Phi) is 4.20. The van der Waals surface area contributed by atoms with Gasteiger partial charge in [0.1, 0.15) is 0 Å². The van der Waals surface area contributed by atoms with Crippen molar-refractivity contribution in [3.63, 3.8) is 0 Å². The first-order valence-corrected chi connectivity index (χ1v) is 8.18. The van der Waals surface area contributed by atoms with E-state index in [4.69, 9.17) is 0 Å². The Morgan fingerprint density at radius 1 is 1.33 bits per heavy atom. The molecule has 2 aromatic rings. The van der Waals surface area contributed by atoms with Crippen LogP contribution in [0, 0.1) is 6.92 Å². The highest BCUT2D eigenvalue weighted by molar-refractivity contribution is 7.09. The summed E-state index contributed by atoms with van der Waals surface area (Å²) in [6.45, 7) is 2.80. The standard InChI is InChI=1S/C18H19NOS/c1-14-4-2-5-15(12-14)7-10-18(20)19(16-8-9-16)13-17-6-3-11-21-17/h2-7,10-12,16H,8-9,13H2,1H3/b10-7+. The number of aryl methyl sites for hydroxylation is 1. The Hall–Kier alpha value is -1.87. The number of amides is 1. The van der Waals surface area contributed by atoms with Crippen LogP contribution in [0.2, 0.25) is 0 Å². The molecule has 3 heteroatoms. The first kappa shape index (κ1) is 14.1. The molecular weight excluding hydrogens is 278 g/mol. The molecule has 0 spiro atoms. The molecular formula is C18H19NOS. The van der Waals surface area contributed by atoms with E-state index in [0.29, 0.717) is 6.04 Å². The number of nitrogens with zero attached hydrogens (tertiary/aromatic N) is 1. The molecule has 1 aromatic heterocycles. The second-order valence-electron chi connectivity index (χ2n) is 5.52. The Morgan fingerprint density at radius 3 is 2.86 bits per heavy atom. The third-order valence-electron chi connectivity index (χ3n) is 3.64. The highest BCUT2D eigenvalue weighted by Gasteiger charge is 2.31. The van der Waals surface area contributed by atoms with Gasteiger partial charge in [-0.05, 0) is 42.9 Å². The van der Waals surface area contributed by atoms with Crippen molar-refractivity contribution in [3.8, 4) is 0 Å². The smallest absolute Gasteiger partial charge is 0.247 e. The lowest BCUT2D eigenvalue weighted by Crippen LogP contribution is -2.30. The summed E-state index contributed by atoms with van der Waals surface area (Å²) in [5.74, 6) is 0.118. The van der Waals surface area contributed by atoms with Gasteiger partial charge in [-0.3, -0.25) is 4.79 Å². The second-order valence-corrected chi connectivity index (χ2v) is 6.56. The van der Waals surface area contributed by atoms with Crippen molar-refractivity contribution in [2.75, 3.05) is 0 Å². The largest absolute Gasteiger partial charge is 0.331 e. The molecule has 0 unspecified atom stereocenters. The van der Waals surface area contributed by atoms with Crippen molar-refractivity contribution < 1.29 is 4.79 Å². The molecule has 0 radical (unpaired) electrons. The highest BCUT2D eigenvalue weighted by atomic mass is 32.1. The Balaban J connectivity index is 1.69. The van der Waals surface area contributed by atoms with Crippen molar-refractivity contribution in [1.29, 1.82) is 0 Å². The average Bonchev–Trinajstić information content (AvgIpc) is 3.19. The van der Waals surface area contributed by atoms with Crippen molar-refractivity contribution in [1.82, 2.24) is 4.90 Å². The van der Waals surface area contributed by atoms with E-state index in [1.807, 2.05) is 29.2 Å². The average molecular weight is 297 g/mol. The normalized spacial score (nSPS) is 14.5. The van der Waals surface area contributed by atoms with Crippen LogP contribution >= 0.6 is 11.3 Å². The van der Waals surface area contributed by atoms with Gasteiger partial charge in [0.2, 0.25) is 5.91 Å². The van der Waals surface area contributed by atoms with E-state index in [9.17, 15) is 4.79 Å². The maximum absolute atomic E-state index is 12.5. The number of thiophene rings is 1. The predicted octanol–water partition coefficient (Wildman–Crippen LogP) is 4.26. The van der Waals surface area contributed by atoms with Crippen LogP contribution in [0.4, 0.5) is 0 Å². The zero-order valence-electron chi connectivity index (χ0n) is 12.2. The van der Waals surface area contributed by atoms with Crippen LogP contribution in [0.3, 0.4) is 0 Å². The fourth-order valence-corrected chi connectivity index (χ4v) is 3.08. The summed E-state index contributed by atoms with van der Waals surface area (Å²) in [6, 6.07) is 12.8. The minimum absolute atomic E-state index is 0.118. The number of benzene rings is 1. The second kappa shape index (κ2) is 6.27.